The largest absolute Gasteiger partial charge is 0.324 e. The van der Waals surface area contributed by atoms with Crippen molar-refractivity contribution >= 4 is 27.5 Å². The molecule has 0 aromatic heterocycles. The van der Waals surface area contributed by atoms with Crippen molar-refractivity contribution < 1.29 is 4.79 Å². The van der Waals surface area contributed by atoms with E-state index in [-0.39, 0.29) is 5.91 Å². The van der Waals surface area contributed by atoms with E-state index in [1.54, 1.807) is 0 Å². The summed E-state index contributed by atoms with van der Waals surface area (Å²) < 4.78 is 0.906. The predicted molar refractivity (Wildman–Crippen MR) is 73.0 cm³/mol. The molecule has 2 rings (SSSR count). The van der Waals surface area contributed by atoms with Crippen molar-refractivity contribution in [1.82, 2.24) is 5.32 Å². The number of hydrogen-bond donors (Lipinski definition) is 2. The molecular formula is C13H17BrN2O. The van der Waals surface area contributed by atoms with Crippen LogP contribution >= 0.6 is 15.9 Å². The molecular weight excluding hydrogens is 280 g/mol. The van der Waals surface area contributed by atoms with E-state index in [1.165, 1.54) is 12.8 Å². The molecule has 1 atom stereocenters. The Morgan fingerprint density at radius 3 is 2.82 bits per heavy atom. The van der Waals surface area contributed by atoms with Crippen LogP contribution in [0.1, 0.15) is 19.8 Å². The monoisotopic (exact) mass is 296 g/mol. The Kier molecular flexibility index (Phi) is 4.18. The van der Waals surface area contributed by atoms with Gasteiger partial charge in [0, 0.05) is 10.5 Å². The van der Waals surface area contributed by atoms with Crippen molar-refractivity contribution in [1.29, 1.82) is 0 Å². The Labute approximate surface area is 110 Å². The molecule has 1 aliphatic carbocycles. The summed E-state index contributed by atoms with van der Waals surface area (Å²) in [4.78, 5) is 11.7. The maximum Gasteiger partial charge on any atom is 0.238 e. The van der Waals surface area contributed by atoms with E-state index in [4.69, 9.17) is 0 Å². The van der Waals surface area contributed by atoms with E-state index in [1.807, 2.05) is 24.3 Å². The Balaban J connectivity index is 1.78. The van der Waals surface area contributed by atoms with Crippen molar-refractivity contribution in [3.63, 3.8) is 0 Å². The van der Waals surface area contributed by atoms with Gasteiger partial charge >= 0.3 is 0 Å². The highest BCUT2D eigenvalue weighted by atomic mass is 79.9. The van der Waals surface area contributed by atoms with Crippen molar-refractivity contribution in [2.45, 2.75) is 25.8 Å². The molecule has 92 valence electrons. The summed E-state index contributed by atoms with van der Waals surface area (Å²) in [5.74, 6) is 0.774. The molecule has 17 heavy (non-hydrogen) atoms. The van der Waals surface area contributed by atoms with Gasteiger partial charge in [0.15, 0.2) is 0 Å². The fourth-order valence-corrected chi connectivity index (χ4v) is 2.16. The van der Waals surface area contributed by atoms with Crippen LogP contribution in [0.2, 0.25) is 0 Å². The first-order chi connectivity index (χ1) is 8.16. The summed E-state index contributed by atoms with van der Waals surface area (Å²) in [6.07, 6.45) is 2.58. The molecule has 0 radical (unpaired) electrons. The van der Waals surface area contributed by atoms with Gasteiger partial charge in [0.05, 0.1) is 12.2 Å². The standard InChI is InChI=1S/C13H17BrN2O/c1-9(10-6-7-10)15-8-13(17)16-12-5-3-2-4-11(12)14/h2-5,9-10,15H,6-8H2,1H3,(H,16,17). The zero-order valence-electron chi connectivity index (χ0n) is 9.87. The van der Waals surface area contributed by atoms with Crippen LogP contribution in [-0.2, 0) is 4.79 Å². The first kappa shape index (κ1) is 12.6. The second-order valence-corrected chi connectivity index (χ2v) is 5.39. The molecule has 0 saturated heterocycles. The second kappa shape index (κ2) is 5.65. The third kappa shape index (κ3) is 3.82. The average Bonchev–Trinajstić information content (AvgIpc) is 3.13. The normalized spacial score (nSPS) is 16.6. The first-order valence-electron chi connectivity index (χ1n) is 5.94. The lowest BCUT2D eigenvalue weighted by molar-refractivity contribution is -0.115. The molecule has 1 aliphatic rings. The lowest BCUT2D eigenvalue weighted by Crippen LogP contribution is -2.35. The number of benzene rings is 1. The van der Waals surface area contributed by atoms with E-state index >= 15 is 0 Å². The number of carbonyl (C=O) groups is 1. The zero-order valence-corrected chi connectivity index (χ0v) is 11.5. The summed E-state index contributed by atoms with van der Waals surface area (Å²) in [5, 5.41) is 6.13. The molecule has 0 spiro atoms. The average molecular weight is 297 g/mol. The van der Waals surface area contributed by atoms with Gasteiger partial charge in [-0.15, -0.1) is 0 Å². The van der Waals surface area contributed by atoms with E-state index in [0.29, 0.717) is 12.6 Å². The van der Waals surface area contributed by atoms with Gasteiger partial charge in [-0.1, -0.05) is 12.1 Å². The molecule has 1 unspecified atom stereocenters. The lowest BCUT2D eigenvalue weighted by atomic mass is 10.2. The van der Waals surface area contributed by atoms with Crippen LogP contribution in [0, 0.1) is 5.92 Å². The van der Waals surface area contributed by atoms with Gasteiger partial charge in [0.25, 0.3) is 0 Å². The summed E-state index contributed by atoms with van der Waals surface area (Å²) >= 11 is 3.40. The number of rotatable bonds is 5. The summed E-state index contributed by atoms with van der Waals surface area (Å²) in [7, 11) is 0. The smallest absolute Gasteiger partial charge is 0.238 e. The van der Waals surface area contributed by atoms with Crippen molar-refractivity contribution in [3.8, 4) is 0 Å². The van der Waals surface area contributed by atoms with Gasteiger partial charge in [-0.25, -0.2) is 0 Å². The third-order valence-corrected chi connectivity index (χ3v) is 3.75. The number of halogens is 1. The van der Waals surface area contributed by atoms with Crippen LogP contribution < -0.4 is 10.6 Å². The predicted octanol–water partition coefficient (Wildman–Crippen LogP) is 2.78. The molecule has 0 heterocycles. The molecule has 1 fully saturated rings. The fraction of sp³-hybridized carbons (Fsp3) is 0.462. The number of nitrogens with one attached hydrogen (secondary N) is 2. The highest BCUT2D eigenvalue weighted by Crippen LogP contribution is 2.32. The second-order valence-electron chi connectivity index (χ2n) is 4.54. The minimum Gasteiger partial charge on any atom is -0.324 e. The number of hydrogen-bond acceptors (Lipinski definition) is 2. The van der Waals surface area contributed by atoms with E-state index in [0.717, 1.165) is 16.1 Å². The molecule has 4 heteroatoms. The third-order valence-electron chi connectivity index (χ3n) is 3.06. The maximum absolute atomic E-state index is 11.7. The van der Waals surface area contributed by atoms with Gasteiger partial charge in [0.1, 0.15) is 0 Å². The molecule has 2 N–H and O–H groups in total. The molecule has 1 aromatic rings. The van der Waals surface area contributed by atoms with Crippen molar-refractivity contribution in [3.05, 3.63) is 28.7 Å². The summed E-state index contributed by atoms with van der Waals surface area (Å²) in [6.45, 7) is 2.52. The zero-order chi connectivity index (χ0) is 12.3. The van der Waals surface area contributed by atoms with Gasteiger partial charge in [-0.2, -0.15) is 0 Å². The molecule has 1 aromatic carbocycles. The first-order valence-corrected chi connectivity index (χ1v) is 6.74. The maximum atomic E-state index is 11.7. The highest BCUT2D eigenvalue weighted by molar-refractivity contribution is 9.10. The number of carbonyl (C=O) groups excluding carboxylic acids is 1. The fourth-order valence-electron chi connectivity index (χ4n) is 1.77. The SMILES string of the molecule is CC(NCC(=O)Nc1ccccc1Br)C1CC1. The summed E-state index contributed by atoms with van der Waals surface area (Å²) in [5.41, 5.74) is 0.818. The molecule has 3 nitrogen and oxygen atoms in total. The van der Waals surface area contributed by atoms with Crippen molar-refractivity contribution in [2.24, 2.45) is 5.92 Å². The topological polar surface area (TPSA) is 41.1 Å². The van der Waals surface area contributed by atoms with E-state index in [2.05, 4.69) is 33.5 Å². The number of para-hydroxylation sites is 1. The van der Waals surface area contributed by atoms with Crippen molar-refractivity contribution in [2.75, 3.05) is 11.9 Å². The number of anilines is 1. The van der Waals surface area contributed by atoms with Crippen LogP contribution in [0.15, 0.2) is 28.7 Å². The lowest BCUT2D eigenvalue weighted by Gasteiger charge is -2.13. The molecule has 0 bridgehead atoms. The Bertz CT molecular complexity index is 404. The molecule has 0 aliphatic heterocycles. The Hall–Kier alpha value is -0.870. The van der Waals surface area contributed by atoms with Crippen LogP contribution in [0.5, 0.6) is 0 Å². The highest BCUT2D eigenvalue weighted by Gasteiger charge is 2.27. The Morgan fingerprint density at radius 2 is 2.18 bits per heavy atom. The minimum absolute atomic E-state index is 0.00407. The number of amides is 1. The van der Waals surface area contributed by atoms with Crippen LogP contribution in [0.25, 0.3) is 0 Å². The van der Waals surface area contributed by atoms with Crippen LogP contribution in [0.3, 0.4) is 0 Å². The molecule has 1 saturated carbocycles. The quantitative estimate of drug-likeness (QED) is 0.877. The van der Waals surface area contributed by atoms with E-state index < -0.39 is 0 Å². The van der Waals surface area contributed by atoms with Gasteiger partial charge in [-0.05, 0) is 53.7 Å². The van der Waals surface area contributed by atoms with Gasteiger partial charge in [0.2, 0.25) is 5.91 Å². The summed E-state index contributed by atoms with van der Waals surface area (Å²) in [6, 6.07) is 8.07. The minimum atomic E-state index is 0.00407. The van der Waals surface area contributed by atoms with Crippen LogP contribution in [-0.4, -0.2) is 18.5 Å². The van der Waals surface area contributed by atoms with Gasteiger partial charge in [-0.3, -0.25) is 4.79 Å². The van der Waals surface area contributed by atoms with E-state index in [9.17, 15) is 4.79 Å². The van der Waals surface area contributed by atoms with Crippen LogP contribution in [0.4, 0.5) is 5.69 Å². The molecule has 1 amide bonds. The van der Waals surface area contributed by atoms with Gasteiger partial charge < -0.3 is 10.6 Å². The Morgan fingerprint density at radius 1 is 1.47 bits per heavy atom.